The second-order valence-corrected chi connectivity index (χ2v) is 5.20. The van der Waals surface area contributed by atoms with E-state index in [1.807, 2.05) is 6.26 Å². The van der Waals surface area contributed by atoms with Gasteiger partial charge in [-0.1, -0.05) is 20.8 Å². The number of thioether (sulfide) groups is 1. The van der Waals surface area contributed by atoms with Gasteiger partial charge in [-0.05, 0) is 37.7 Å². The normalized spacial score (nSPS) is 13.6. The molecule has 0 heterocycles. The average molecular weight is 246 g/mol. The van der Waals surface area contributed by atoms with Gasteiger partial charge in [0.2, 0.25) is 5.91 Å². The lowest BCUT2D eigenvalue weighted by atomic mass is 9.89. The molecule has 96 valence electrons. The van der Waals surface area contributed by atoms with E-state index in [0.717, 1.165) is 31.4 Å². The molecule has 0 radical (unpaired) electrons. The molecule has 16 heavy (non-hydrogen) atoms. The Hall–Kier alpha value is -0.220. The third-order valence-electron chi connectivity index (χ3n) is 3.39. The first kappa shape index (κ1) is 15.8. The fraction of sp³-hybridized carbons (Fsp3) is 0.917. The summed E-state index contributed by atoms with van der Waals surface area (Å²) in [6.07, 6.45) is 5.65. The van der Waals surface area contributed by atoms with Gasteiger partial charge in [-0.3, -0.25) is 4.79 Å². The van der Waals surface area contributed by atoms with Crippen LogP contribution in [0, 0.1) is 0 Å². The number of nitrogens with two attached hydrogens (primary N) is 1. The van der Waals surface area contributed by atoms with Gasteiger partial charge in [-0.25, -0.2) is 0 Å². The van der Waals surface area contributed by atoms with Crippen LogP contribution in [0.15, 0.2) is 0 Å². The van der Waals surface area contributed by atoms with Crippen molar-refractivity contribution < 1.29 is 4.79 Å². The lowest BCUT2D eigenvalue weighted by molar-refractivity contribution is -0.124. The molecule has 4 heteroatoms. The lowest BCUT2D eigenvalue weighted by Gasteiger charge is -2.33. The highest BCUT2D eigenvalue weighted by Crippen LogP contribution is 2.19. The molecule has 0 rings (SSSR count). The molecule has 0 fully saturated rings. The van der Waals surface area contributed by atoms with E-state index in [9.17, 15) is 4.79 Å². The minimum absolute atomic E-state index is 0.000370. The molecule has 0 aromatic rings. The molecular formula is C12H26N2OS. The van der Waals surface area contributed by atoms with Crippen LogP contribution in [-0.4, -0.2) is 29.5 Å². The fourth-order valence-corrected chi connectivity index (χ4v) is 2.23. The van der Waals surface area contributed by atoms with Crippen LogP contribution in [-0.2, 0) is 4.79 Å². The van der Waals surface area contributed by atoms with Crippen molar-refractivity contribution in [3.8, 4) is 0 Å². The number of carbonyl (C=O) groups is 1. The van der Waals surface area contributed by atoms with Crippen LogP contribution >= 0.6 is 11.8 Å². The van der Waals surface area contributed by atoms with Crippen LogP contribution < -0.4 is 11.1 Å². The number of hydrogen-bond donors (Lipinski definition) is 2. The quantitative estimate of drug-likeness (QED) is 0.690. The summed E-state index contributed by atoms with van der Waals surface area (Å²) in [6, 6.07) is -0.364. The van der Waals surface area contributed by atoms with Gasteiger partial charge in [-0.15, -0.1) is 0 Å². The van der Waals surface area contributed by atoms with Crippen molar-refractivity contribution in [3.05, 3.63) is 0 Å². The molecule has 0 aliphatic rings. The Labute approximate surface area is 104 Å². The Kier molecular flexibility index (Phi) is 7.85. The number of amides is 1. The van der Waals surface area contributed by atoms with Gasteiger partial charge < -0.3 is 11.1 Å². The molecule has 3 nitrogen and oxygen atoms in total. The van der Waals surface area contributed by atoms with Gasteiger partial charge in [0.15, 0.2) is 0 Å². The van der Waals surface area contributed by atoms with Crippen LogP contribution in [0.25, 0.3) is 0 Å². The van der Waals surface area contributed by atoms with E-state index >= 15 is 0 Å². The van der Waals surface area contributed by atoms with E-state index in [2.05, 4.69) is 26.1 Å². The van der Waals surface area contributed by atoms with Crippen LogP contribution in [0.5, 0.6) is 0 Å². The number of carbonyl (C=O) groups excluding carboxylic acids is 1. The van der Waals surface area contributed by atoms with Crippen molar-refractivity contribution in [3.63, 3.8) is 0 Å². The maximum Gasteiger partial charge on any atom is 0.237 e. The van der Waals surface area contributed by atoms with Gasteiger partial charge in [0.05, 0.1) is 6.04 Å². The molecule has 0 spiro atoms. The fourth-order valence-electron chi connectivity index (χ4n) is 1.75. The average Bonchev–Trinajstić information content (AvgIpc) is 2.32. The minimum atomic E-state index is -0.364. The molecule has 0 aromatic heterocycles. The first-order valence-electron chi connectivity index (χ1n) is 6.11. The Morgan fingerprint density at radius 2 is 1.81 bits per heavy atom. The molecular weight excluding hydrogens is 220 g/mol. The summed E-state index contributed by atoms with van der Waals surface area (Å²) in [5.41, 5.74) is 5.79. The second kappa shape index (κ2) is 7.96. The first-order chi connectivity index (χ1) is 7.55. The molecule has 1 atom stereocenters. The Morgan fingerprint density at radius 3 is 2.19 bits per heavy atom. The van der Waals surface area contributed by atoms with Gasteiger partial charge in [0, 0.05) is 5.54 Å². The zero-order valence-electron chi connectivity index (χ0n) is 11.0. The molecule has 0 bridgehead atoms. The van der Waals surface area contributed by atoms with Gasteiger partial charge >= 0.3 is 0 Å². The van der Waals surface area contributed by atoms with E-state index < -0.39 is 0 Å². The highest BCUT2D eigenvalue weighted by molar-refractivity contribution is 7.98. The molecule has 0 unspecified atom stereocenters. The van der Waals surface area contributed by atoms with E-state index in [4.69, 9.17) is 5.73 Å². The molecule has 0 aromatic carbocycles. The van der Waals surface area contributed by atoms with Crippen molar-refractivity contribution in [2.45, 2.75) is 58.0 Å². The van der Waals surface area contributed by atoms with E-state index in [0.29, 0.717) is 0 Å². The third-order valence-corrected chi connectivity index (χ3v) is 4.03. The van der Waals surface area contributed by atoms with E-state index in [-0.39, 0.29) is 17.5 Å². The molecule has 0 saturated heterocycles. The summed E-state index contributed by atoms with van der Waals surface area (Å²) in [6.45, 7) is 6.34. The van der Waals surface area contributed by atoms with Crippen LogP contribution in [0.4, 0.5) is 0 Å². The third kappa shape index (κ3) is 4.74. The zero-order valence-corrected chi connectivity index (χ0v) is 11.8. The molecule has 0 aliphatic carbocycles. The second-order valence-electron chi connectivity index (χ2n) is 4.22. The number of rotatable bonds is 8. The highest BCUT2D eigenvalue weighted by Gasteiger charge is 2.27. The zero-order chi connectivity index (χ0) is 12.6. The predicted molar refractivity (Wildman–Crippen MR) is 72.7 cm³/mol. The van der Waals surface area contributed by atoms with Crippen molar-refractivity contribution in [1.82, 2.24) is 5.32 Å². The molecule has 0 aliphatic heterocycles. The summed E-state index contributed by atoms with van der Waals surface area (Å²) in [7, 11) is 0. The molecule has 3 N–H and O–H groups in total. The van der Waals surface area contributed by atoms with Crippen LogP contribution in [0.1, 0.15) is 46.5 Å². The van der Waals surface area contributed by atoms with Crippen LogP contribution in [0.2, 0.25) is 0 Å². The maximum absolute atomic E-state index is 11.9. The molecule has 1 amide bonds. The smallest absolute Gasteiger partial charge is 0.237 e. The summed E-state index contributed by atoms with van der Waals surface area (Å²) in [5, 5.41) is 3.12. The first-order valence-corrected chi connectivity index (χ1v) is 7.51. The lowest BCUT2D eigenvalue weighted by Crippen LogP contribution is -2.53. The summed E-state index contributed by atoms with van der Waals surface area (Å²) in [4.78, 5) is 11.9. The van der Waals surface area contributed by atoms with Crippen molar-refractivity contribution >= 4 is 17.7 Å². The van der Waals surface area contributed by atoms with Crippen molar-refractivity contribution in [2.75, 3.05) is 12.0 Å². The highest BCUT2D eigenvalue weighted by atomic mass is 32.2. The van der Waals surface area contributed by atoms with Gasteiger partial charge in [0.1, 0.15) is 0 Å². The van der Waals surface area contributed by atoms with Gasteiger partial charge in [-0.2, -0.15) is 11.8 Å². The predicted octanol–water partition coefficient (Wildman–Crippen LogP) is 2.15. The van der Waals surface area contributed by atoms with Crippen molar-refractivity contribution in [1.29, 1.82) is 0 Å². The topological polar surface area (TPSA) is 55.1 Å². The minimum Gasteiger partial charge on any atom is -0.349 e. The monoisotopic (exact) mass is 246 g/mol. The number of nitrogens with one attached hydrogen (secondary N) is 1. The number of hydrogen-bond acceptors (Lipinski definition) is 3. The summed E-state index contributed by atoms with van der Waals surface area (Å²) in [5.74, 6) is 0.936. The van der Waals surface area contributed by atoms with E-state index in [1.165, 1.54) is 0 Å². The maximum atomic E-state index is 11.9. The van der Waals surface area contributed by atoms with Crippen molar-refractivity contribution in [2.24, 2.45) is 5.73 Å². The summed E-state index contributed by atoms with van der Waals surface area (Å²) < 4.78 is 0. The summed E-state index contributed by atoms with van der Waals surface area (Å²) >= 11 is 1.72. The Morgan fingerprint density at radius 1 is 1.31 bits per heavy atom. The Balaban J connectivity index is 4.28. The SMILES string of the molecule is CCC(CC)(CC)NC(=O)[C@H](N)CCSC. The van der Waals surface area contributed by atoms with E-state index in [1.54, 1.807) is 11.8 Å². The Bertz CT molecular complexity index is 197. The van der Waals surface area contributed by atoms with Gasteiger partial charge in [0.25, 0.3) is 0 Å². The largest absolute Gasteiger partial charge is 0.349 e. The standard InChI is InChI=1S/C12H26N2OS/c1-5-12(6-2,7-3)14-11(15)10(13)8-9-16-4/h10H,5-9,13H2,1-4H3,(H,14,15)/t10-/m1/s1. The van der Waals surface area contributed by atoms with Crippen LogP contribution in [0.3, 0.4) is 0 Å². The molecule has 0 saturated carbocycles.